The Kier molecular flexibility index (Phi) is 5.30. The molecular weight excluding hydrogens is 236 g/mol. The Morgan fingerprint density at radius 2 is 1.76 bits per heavy atom. The Balaban J connectivity index is 2.29. The Hall–Kier alpha value is 0.210. The van der Waals surface area contributed by atoms with Crippen molar-refractivity contribution >= 4 is 11.6 Å². The van der Waals surface area contributed by atoms with Crippen LogP contribution in [0.5, 0.6) is 0 Å². The number of hydrogen-bond donors (Lipinski definition) is 0. The molecular formula is C14H27ClO2. The van der Waals surface area contributed by atoms with Crippen LogP contribution < -0.4 is 0 Å². The molecule has 2 nitrogen and oxygen atoms in total. The van der Waals surface area contributed by atoms with Gasteiger partial charge in [-0.3, -0.25) is 0 Å². The molecule has 0 amide bonds. The molecule has 0 aliphatic heterocycles. The first-order valence-corrected chi connectivity index (χ1v) is 7.19. The van der Waals surface area contributed by atoms with E-state index >= 15 is 0 Å². The van der Waals surface area contributed by atoms with Gasteiger partial charge in [0, 0.05) is 10.8 Å². The standard InChI is InChI=1S/C14H27ClO2/c1-6-14(7-2)11(15)10-12(14)16-8-9-17-13(3,4)5/h11-12H,6-10H2,1-5H3. The first kappa shape index (κ1) is 15.3. The molecule has 0 heterocycles. The largest absolute Gasteiger partial charge is 0.375 e. The zero-order chi connectivity index (χ0) is 13.1. The maximum absolute atomic E-state index is 6.34. The fourth-order valence-electron chi connectivity index (χ4n) is 2.62. The maximum Gasteiger partial charge on any atom is 0.0707 e. The highest BCUT2D eigenvalue weighted by atomic mass is 35.5. The summed E-state index contributed by atoms with van der Waals surface area (Å²) in [5.74, 6) is 0. The highest BCUT2D eigenvalue weighted by Gasteiger charge is 2.52. The smallest absolute Gasteiger partial charge is 0.0707 e. The van der Waals surface area contributed by atoms with Gasteiger partial charge < -0.3 is 9.47 Å². The first-order chi connectivity index (χ1) is 7.85. The molecule has 0 saturated heterocycles. The Morgan fingerprint density at radius 1 is 1.18 bits per heavy atom. The van der Waals surface area contributed by atoms with Crippen molar-refractivity contribution in [3.05, 3.63) is 0 Å². The Labute approximate surface area is 111 Å². The average molecular weight is 263 g/mol. The maximum atomic E-state index is 6.34. The predicted octanol–water partition coefficient (Wildman–Crippen LogP) is 4.00. The number of alkyl halides is 1. The van der Waals surface area contributed by atoms with E-state index in [0.29, 0.717) is 19.3 Å². The number of ether oxygens (including phenoxy) is 2. The van der Waals surface area contributed by atoms with Crippen LogP contribution in [0.15, 0.2) is 0 Å². The zero-order valence-corrected chi connectivity index (χ0v) is 12.6. The number of halogens is 1. The highest BCUT2D eigenvalue weighted by Crippen LogP contribution is 2.51. The first-order valence-electron chi connectivity index (χ1n) is 6.75. The number of rotatable bonds is 6. The molecule has 1 aliphatic carbocycles. The third kappa shape index (κ3) is 3.59. The quantitative estimate of drug-likeness (QED) is 0.532. The van der Waals surface area contributed by atoms with Gasteiger partial charge in [0.1, 0.15) is 0 Å². The van der Waals surface area contributed by atoms with Gasteiger partial charge >= 0.3 is 0 Å². The number of hydrogen-bond acceptors (Lipinski definition) is 2. The van der Waals surface area contributed by atoms with Crippen LogP contribution in [0, 0.1) is 5.41 Å². The molecule has 2 unspecified atom stereocenters. The van der Waals surface area contributed by atoms with Crippen molar-refractivity contribution in [2.75, 3.05) is 13.2 Å². The lowest BCUT2D eigenvalue weighted by atomic mass is 9.62. The third-order valence-corrected chi connectivity index (χ3v) is 4.55. The molecule has 1 aliphatic rings. The summed E-state index contributed by atoms with van der Waals surface area (Å²) in [5.41, 5.74) is 0.119. The molecule has 1 rings (SSSR count). The minimum atomic E-state index is -0.0788. The van der Waals surface area contributed by atoms with E-state index in [1.165, 1.54) is 0 Å². The third-order valence-electron chi connectivity index (χ3n) is 3.94. The molecule has 1 fully saturated rings. The lowest BCUT2D eigenvalue weighted by molar-refractivity contribution is -0.132. The van der Waals surface area contributed by atoms with Gasteiger partial charge in [-0.2, -0.15) is 0 Å². The molecule has 0 N–H and O–H groups in total. The zero-order valence-electron chi connectivity index (χ0n) is 11.9. The summed E-state index contributed by atoms with van der Waals surface area (Å²) in [6, 6.07) is 0. The van der Waals surface area contributed by atoms with Crippen molar-refractivity contribution < 1.29 is 9.47 Å². The van der Waals surface area contributed by atoms with E-state index in [2.05, 4.69) is 34.6 Å². The van der Waals surface area contributed by atoms with E-state index in [1.807, 2.05) is 0 Å². The lowest BCUT2D eigenvalue weighted by Gasteiger charge is -2.52. The molecule has 102 valence electrons. The molecule has 17 heavy (non-hydrogen) atoms. The molecule has 1 saturated carbocycles. The molecule has 3 heteroatoms. The fraction of sp³-hybridized carbons (Fsp3) is 1.00. The molecule has 0 aromatic rings. The van der Waals surface area contributed by atoms with Crippen molar-refractivity contribution in [3.8, 4) is 0 Å². The molecule has 0 bridgehead atoms. The summed E-state index contributed by atoms with van der Waals surface area (Å²) < 4.78 is 11.6. The topological polar surface area (TPSA) is 18.5 Å². The van der Waals surface area contributed by atoms with Crippen molar-refractivity contribution in [3.63, 3.8) is 0 Å². The van der Waals surface area contributed by atoms with E-state index < -0.39 is 0 Å². The Morgan fingerprint density at radius 3 is 2.18 bits per heavy atom. The summed E-state index contributed by atoms with van der Waals surface area (Å²) >= 11 is 6.34. The predicted molar refractivity (Wildman–Crippen MR) is 72.7 cm³/mol. The monoisotopic (exact) mass is 262 g/mol. The van der Waals surface area contributed by atoms with Crippen LogP contribution in [0.25, 0.3) is 0 Å². The van der Waals surface area contributed by atoms with E-state index in [4.69, 9.17) is 21.1 Å². The highest BCUT2D eigenvalue weighted by molar-refractivity contribution is 6.21. The average Bonchev–Trinajstić information content (AvgIpc) is 2.23. The SMILES string of the molecule is CCC1(CC)C(Cl)CC1OCCOC(C)(C)C. The van der Waals surface area contributed by atoms with Crippen LogP contribution in [0.3, 0.4) is 0 Å². The molecule has 0 aromatic carbocycles. The van der Waals surface area contributed by atoms with Crippen molar-refractivity contribution in [2.24, 2.45) is 5.41 Å². The van der Waals surface area contributed by atoms with Crippen LogP contribution in [-0.4, -0.2) is 30.3 Å². The van der Waals surface area contributed by atoms with Gasteiger partial charge in [0.25, 0.3) is 0 Å². The van der Waals surface area contributed by atoms with Gasteiger partial charge in [0.05, 0.1) is 24.9 Å². The van der Waals surface area contributed by atoms with Gasteiger partial charge in [-0.1, -0.05) is 13.8 Å². The van der Waals surface area contributed by atoms with E-state index in [-0.39, 0.29) is 16.4 Å². The van der Waals surface area contributed by atoms with Crippen molar-refractivity contribution in [2.45, 2.75) is 71.0 Å². The normalized spacial score (nSPS) is 27.9. The molecule has 0 spiro atoms. The summed E-state index contributed by atoms with van der Waals surface area (Å²) in [6.45, 7) is 11.9. The van der Waals surface area contributed by atoms with Crippen LogP contribution >= 0.6 is 11.6 Å². The second kappa shape index (κ2) is 5.90. The summed E-state index contributed by atoms with van der Waals surface area (Å²) in [7, 11) is 0. The van der Waals surface area contributed by atoms with Crippen LogP contribution in [0.4, 0.5) is 0 Å². The Bertz CT molecular complexity index is 231. The van der Waals surface area contributed by atoms with Crippen molar-refractivity contribution in [1.82, 2.24) is 0 Å². The van der Waals surface area contributed by atoms with Crippen LogP contribution in [0.2, 0.25) is 0 Å². The van der Waals surface area contributed by atoms with Gasteiger partial charge in [0.2, 0.25) is 0 Å². The van der Waals surface area contributed by atoms with Crippen LogP contribution in [-0.2, 0) is 9.47 Å². The summed E-state index contributed by atoms with van der Waals surface area (Å²) in [5, 5.41) is 0.283. The second-order valence-corrected chi connectivity index (χ2v) is 6.49. The summed E-state index contributed by atoms with van der Waals surface area (Å²) in [6.07, 6.45) is 3.51. The fourth-order valence-corrected chi connectivity index (χ4v) is 3.23. The van der Waals surface area contributed by atoms with Gasteiger partial charge in [-0.05, 0) is 40.0 Å². The van der Waals surface area contributed by atoms with Crippen LogP contribution in [0.1, 0.15) is 53.9 Å². The van der Waals surface area contributed by atoms with Gasteiger partial charge in [-0.25, -0.2) is 0 Å². The summed E-state index contributed by atoms with van der Waals surface area (Å²) in [4.78, 5) is 0. The molecule has 0 aromatic heterocycles. The molecule has 0 radical (unpaired) electrons. The van der Waals surface area contributed by atoms with E-state index in [1.54, 1.807) is 0 Å². The van der Waals surface area contributed by atoms with E-state index in [9.17, 15) is 0 Å². The van der Waals surface area contributed by atoms with Crippen molar-refractivity contribution in [1.29, 1.82) is 0 Å². The van der Waals surface area contributed by atoms with E-state index in [0.717, 1.165) is 19.3 Å². The minimum absolute atomic E-state index is 0.0788. The molecule has 2 atom stereocenters. The lowest BCUT2D eigenvalue weighted by Crippen LogP contribution is -2.55. The van der Waals surface area contributed by atoms with Gasteiger partial charge in [-0.15, -0.1) is 11.6 Å². The minimum Gasteiger partial charge on any atom is -0.375 e. The second-order valence-electron chi connectivity index (χ2n) is 5.96. The van der Waals surface area contributed by atoms with Gasteiger partial charge in [0.15, 0.2) is 0 Å².